The summed E-state index contributed by atoms with van der Waals surface area (Å²) in [4.78, 5) is 4.04. The number of aromatic nitrogens is 2. The Kier molecular flexibility index (Phi) is 6.90. The summed E-state index contributed by atoms with van der Waals surface area (Å²) < 4.78 is 7.28. The average Bonchev–Trinajstić information content (AvgIpc) is 2.81. The lowest BCUT2D eigenvalue weighted by Crippen LogP contribution is -2.04. The minimum Gasteiger partial charge on any atom is -0.385 e. The molecule has 16 heavy (non-hydrogen) atoms. The van der Waals surface area contributed by atoms with E-state index in [4.69, 9.17) is 4.74 Å². The van der Waals surface area contributed by atoms with Crippen molar-refractivity contribution in [1.29, 1.82) is 0 Å². The molecule has 0 amide bonds. The standard InChI is InChI=1S/C13H24N2O/c1-3-13(7-11-16-2)6-4-5-9-15-10-8-14-12-15/h8,10,12-13H,3-7,9,11H2,1-2H3/t13-/m1/s1. The number of nitrogens with zero attached hydrogens (tertiary/aromatic N) is 2. The Hall–Kier alpha value is -0.830. The first kappa shape index (κ1) is 13.2. The molecule has 0 radical (unpaired) electrons. The third kappa shape index (κ3) is 5.31. The van der Waals surface area contributed by atoms with Crippen LogP contribution in [0.5, 0.6) is 0 Å². The molecule has 0 bridgehead atoms. The fourth-order valence-electron chi connectivity index (χ4n) is 1.98. The van der Waals surface area contributed by atoms with Crippen LogP contribution >= 0.6 is 0 Å². The Bertz CT molecular complexity index is 246. The maximum atomic E-state index is 5.13. The maximum Gasteiger partial charge on any atom is 0.0945 e. The number of imidazole rings is 1. The van der Waals surface area contributed by atoms with E-state index in [0.717, 1.165) is 19.1 Å². The maximum absolute atomic E-state index is 5.13. The number of methoxy groups -OCH3 is 1. The van der Waals surface area contributed by atoms with Gasteiger partial charge < -0.3 is 9.30 Å². The molecule has 0 spiro atoms. The predicted molar refractivity (Wildman–Crippen MR) is 66.4 cm³/mol. The van der Waals surface area contributed by atoms with Gasteiger partial charge >= 0.3 is 0 Å². The lowest BCUT2D eigenvalue weighted by molar-refractivity contribution is 0.173. The topological polar surface area (TPSA) is 27.1 Å². The van der Waals surface area contributed by atoms with Crippen molar-refractivity contribution in [1.82, 2.24) is 9.55 Å². The van der Waals surface area contributed by atoms with Gasteiger partial charge in [0.25, 0.3) is 0 Å². The number of unbranched alkanes of at least 4 members (excludes halogenated alkanes) is 1. The van der Waals surface area contributed by atoms with Crippen molar-refractivity contribution in [3.05, 3.63) is 18.7 Å². The van der Waals surface area contributed by atoms with E-state index in [2.05, 4.69) is 16.5 Å². The van der Waals surface area contributed by atoms with Crippen LogP contribution in [0.25, 0.3) is 0 Å². The number of ether oxygens (including phenoxy) is 1. The van der Waals surface area contributed by atoms with Crippen LogP contribution in [0, 0.1) is 5.92 Å². The molecule has 0 saturated heterocycles. The van der Waals surface area contributed by atoms with Crippen LogP contribution < -0.4 is 0 Å². The van der Waals surface area contributed by atoms with Crippen molar-refractivity contribution in [2.45, 2.75) is 45.6 Å². The molecule has 0 N–H and O–H groups in total. The molecule has 1 aromatic rings. The molecule has 1 aromatic heterocycles. The molecule has 1 atom stereocenters. The first-order valence-electron chi connectivity index (χ1n) is 6.31. The molecule has 3 heteroatoms. The Morgan fingerprint density at radius 3 is 2.81 bits per heavy atom. The first-order chi connectivity index (χ1) is 7.86. The van der Waals surface area contributed by atoms with E-state index >= 15 is 0 Å². The van der Waals surface area contributed by atoms with Crippen molar-refractivity contribution in [2.24, 2.45) is 5.92 Å². The lowest BCUT2D eigenvalue weighted by Gasteiger charge is -2.13. The minimum absolute atomic E-state index is 0.836. The zero-order valence-corrected chi connectivity index (χ0v) is 10.6. The summed E-state index contributed by atoms with van der Waals surface area (Å²) in [5.74, 6) is 0.836. The fraction of sp³-hybridized carbons (Fsp3) is 0.769. The highest BCUT2D eigenvalue weighted by atomic mass is 16.5. The number of hydrogen-bond acceptors (Lipinski definition) is 2. The van der Waals surface area contributed by atoms with Gasteiger partial charge in [0, 0.05) is 32.7 Å². The van der Waals surface area contributed by atoms with Crippen LogP contribution in [0.2, 0.25) is 0 Å². The molecule has 0 saturated carbocycles. The summed E-state index contributed by atoms with van der Waals surface area (Å²) in [6.45, 7) is 4.27. The molecule has 0 aliphatic rings. The Balaban J connectivity index is 2.04. The molecular formula is C13H24N2O. The smallest absolute Gasteiger partial charge is 0.0945 e. The van der Waals surface area contributed by atoms with Crippen molar-refractivity contribution in [3.63, 3.8) is 0 Å². The molecule has 0 fully saturated rings. The van der Waals surface area contributed by atoms with E-state index in [1.54, 1.807) is 7.11 Å². The highest BCUT2D eigenvalue weighted by Gasteiger charge is 2.05. The highest BCUT2D eigenvalue weighted by molar-refractivity contribution is 4.73. The molecule has 3 nitrogen and oxygen atoms in total. The van der Waals surface area contributed by atoms with Gasteiger partial charge in [-0.05, 0) is 18.8 Å². The Labute approximate surface area is 98.8 Å². The molecule has 1 heterocycles. The van der Waals surface area contributed by atoms with Gasteiger partial charge in [0.1, 0.15) is 0 Å². The van der Waals surface area contributed by atoms with Gasteiger partial charge in [0.2, 0.25) is 0 Å². The summed E-state index contributed by atoms with van der Waals surface area (Å²) in [5.41, 5.74) is 0. The van der Waals surface area contributed by atoms with E-state index < -0.39 is 0 Å². The van der Waals surface area contributed by atoms with Gasteiger partial charge in [-0.15, -0.1) is 0 Å². The summed E-state index contributed by atoms with van der Waals surface area (Å²) >= 11 is 0. The summed E-state index contributed by atoms with van der Waals surface area (Å²) in [5, 5.41) is 0. The third-order valence-electron chi connectivity index (χ3n) is 3.15. The van der Waals surface area contributed by atoms with Gasteiger partial charge in [-0.2, -0.15) is 0 Å². The summed E-state index contributed by atoms with van der Waals surface area (Å²) in [6.07, 6.45) is 12.1. The van der Waals surface area contributed by atoms with Gasteiger partial charge in [-0.25, -0.2) is 4.98 Å². The predicted octanol–water partition coefficient (Wildman–Crippen LogP) is 3.12. The molecule has 0 aromatic carbocycles. The third-order valence-corrected chi connectivity index (χ3v) is 3.15. The molecule has 0 aliphatic heterocycles. The van der Waals surface area contributed by atoms with E-state index in [1.165, 1.54) is 32.1 Å². The highest BCUT2D eigenvalue weighted by Crippen LogP contribution is 2.16. The van der Waals surface area contributed by atoms with Crippen molar-refractivity contribution < 1.29 is 4.74 Å². The molecular weight excluding hydrogens is 200 g/mol. The van der Waals surface area contributed by atoms with Crippen LogP contribution in [-0.4, -0.2) is 23.3 Å². The molecule has 0 unspecified atom stereocenters. The average molecular weight is 224 g/mol. The first-order valence-corrected chi connectivity index (χ1v) is 6.31. The molecule has 92 valence electrons. The van der Waals surface area contributed by atoms with Gasteiger partial charge in [-0.3, -0.25) is 0 Å². The second-order valence-corrected chi connectivity index (χ2v) is 4.35. The summed E-state index contributed by atoms with van der Waals surface area (Å²) in [6, 6.07) is 0. The van der Waals surface area contributed by atoms with Crippen LogP contribution in [0.4, 0.5) is 0 Å². The van der Waals surface area contributed by atoms with Gasteiger partial charge in [-0.1, -0.05) is 26.2 Å². The van der Waals surface area contributed by atoms with Crippen LogP contribution in [0.1, 0.15) is 39.0 Å². The van der Waals surface area contributed by atoms with Crippen LogP contribution in [0.15, 0.2) is 18.7 Å². The van der Waals surface area contributed by atoms with E-state index in [0.29, 0.717) is 0 Å². The molecule has 0 aliphatic carbocycles. The van der Waals surface area contributed by atoms with E-state index in [9.17, 15) is 0 Å². The Morgan fingerprint density at radius 2 is 2.19 bits per heavy atom. The van der Waals surface area contributed by atoms with Crippen LogP contribution in [0.3, 0.4) is 0 Å². The normalized spacial score (nSPS) is 12.9. The number of hydrogen-bond donors (Lipinski definition) is 0. The monoisotopic (exact) mass is 224 g/mol. The number of rotatable bonds is 9. The Morgan fingerprint density at radius 1 is 1.31 bits per heavy atom. The second kappa shape index (κ2) is 8.34. The summed E-state index contributed by atoms with van der Waals surface area (Å²) in [7, 11) is 1.78. The van der Waals surface area contributed by atoms with Gasteiger partial charge in [0.15, 0.2) is 0 Å². The quantitative estimate of drug-likeness (QED) is 0.603. The lowest BCUT2D eigenvalue weighted by atomic mass is 9.96. The zero-order chi connectivity index (χ0) is 11.6. The minimum atomic E-state index is 0.836. The fourth-order valence-corrected chi connectivity index (χ4v) is 1.98. The van der Waals surface area contributed by atoms with E-state index in [1.807, 2.05) is 18.7 Å². The van der Waals surface area contributed by atoms with Crippen molar-refractivity contribution >= 4 is 0 Å². The van der Waals surface area contributed by atoms with Crippen molar-refractivity contribution in [3.8, 4) is 0 Å². The van der Waals surface area contributed by atoms with Crippen molar-refractivity contribution in [2.75, 3.05) is 13.7 Å². The largest absolute Gasteiger partial charge is 0.385 e. The second-order valence-electron chi connectivity index (χ2n) is 4.35. The SMILES string of the molecule is CC[C@H](CCCCn1ccnc1)CCOC. The van der Waals surface area contributed by atoms with Crippen LogP contribution in [-0.2, 0) is 11.3 Å². The molecule has 1 rings (SSSR count). The zero-order valence-electron chi connectivity index (χ0n) is 10.6. The van der Waals surface area contributed by atoms with Gasteiger partial charge in [0.05, 0.1) is 6.33 Å². The van der Waals surface area contributed by atoms with E-state index in [-0.39, 0.29) is 0 Å². The number of aryl methyl sites for hydroxylation is 1.